The van der Waals surface area contributed by atoms with Crippen molar-refractivity contribution < 1.29 is 19.4 Å². The van der Waals surface area contributed by atoms with E-state index in [4.69, 9.17) is 27.2 Å². The first-order valence-electron chi connectivity index (χ1n) is 6.78. The molecule has 1 atom stereocenters. The van der Waals surface area contributed by atoms with E-state index in [9.17, 15) is 9.59 Å². The summed E-state index contributed by atoms with van der Waals surface area (Å²) in [4.78, 5) is 21.6. The third-order valence-corrected chi connectivity index (χ3v) is 2.53. The highest BCUT2D eigenvalue weighted by molar-refractivity contribution is 6.17. The lowest BCUT2D eigenvalue weighted by Crippen LogP contribution is -2.30. The van der Waals surface area contributed by atoms with Crippen molar-refractivity contribution in [3.8, 4) is 0 Å². The molecular formula is C13H26ClNO4. The second-order valence-electron chi connectivity index (χ2n) is 3.81. The van der Waals surface area contributed by atoms with E-state index in [2.05, 4.69) is 0 Å². The molecule has 5 nitrogen and oxygen atoms in total. The van der Waals surface area contributed by atoms with Gasteiger partial charge in [-0.05, 0) is 19.3 Å². The molecule has 114 valence electrons. The van der Waals surface area contributed by atoms with Crippen LogP contribution in [-0.2, 0) is 14.3 Å². The molecule has 0 aromatic carbocycles. The Hall–Kier alpha value is -0.810. The largest absolute Gasteiger partial charge is 0.480 e. The molecule has 0 aromatic heterocycles. The first-order valence-corrected chi connectivity index (χ1v) is 7.31. The van der Waals surface area contributed by atoms with Crippen LogP contribution in [0.25, 0.3) is 0 Å². The summed E-state index contributed by atoms with van der Waals surface area (Å²) in [5, 5.41) is 8.50. The molecule has 3 N–H and O–H groups in total. The van der Waals surface area contributed by atoms with E-state index < -0.39 is 12.0 Å². The smallest absolute Gasteiger partial charge is 0.320 e. The van der Waals surface area contributed by atoms with Crippen molar-refractivity contribution >= 4 is 23.5 Å². The van der Waals surface area contributed by atoms with Crippen LogP contribution in [0.3, 0.4) is 0 Å². The van der Waals surface area contributed by atoms with Gasteiger partial charge in [0.2, 0.25) is 0 Å². The zero-order chi connectivity index (χ0) is 15.1. The number of carboxylic acids is 1. The van der Waals surface area contributed by atoms with Gasteiger partial charge in [-0.2, -0.15) is 0 Å². The van der Waals surface area contributed by atoms with E-state index in [1.165, 1.54) is 0 Å². The quantitative estimate of drug-likeness (QED) is 0.367. The number of esters is 1. The number of aliphatic carboxylic acids is 1. The normalized spacial score (nSPS) is 11.2. The molecule has 0 aliphatic rings. The van der Waals surface area contributed by atoms with Crippen LogP contribution < -0.4 is 5.73 Å². The van der Waals surface area contributed by atoms with Gasteiger partial charge in [-0.1, -0.05) is 26.7 Å². The molecule has 0 amide bonds. The summed E-state index contributed by atoms with van der Waals surface area (Å²) >= 11 is 5.52. The first kappa shape index (κ1) is 20.5. The molecular weight excluding hydrogens is 270 g/mol. The van der Waals surface area contributed by atoms with Gasteiger partial charge in [-0.15, -0.1) is 11.6 Å². The van der Waals surface area contributed by atoms with E-state index in [1.807, 2.05) is 13.8 Å². The maximum Gasteiger partial charge on any atom is 0.320 e. The number of hydrogen-bond acceptors (Lipinski definition) is 4. The van der Waals surface area contributed by atoms with Crippen LogP contribution in [0.15, 0.2) is 0 Å². The monoisotopic (exact) mass is 295 g/mol. The average molecular weight is 296 g/mol. The van der Waals surface area contributed by atoms with Crippen molar-refractivity contribution in [2.75, 3.05) is 12.5 Å². The van der Waals surface area contributed by atoms with Crippen molar-refractivity contribution in [1.82, 2.24) is 0 Å². The van der Waals surface area contributed by atoms with Crippen LogP contribution in [0.5, 0.6) is 0 Å². The van der Waals surface area contributed by atoms with Crippen molar-refractivity contribution in [1.29, 1.82) is 0 Å². The molecule has 0 rings (SSSR count). The van der Waals surface area contributed by atoms with Gasteiger partial charge in [-0.25, -0.2) is 0 Å². The lowest BCUT2D eigenvalue weighted by molar-refractivity contribution is -0.144. The number of carboxylic acid groups (broad SMARTS) is 1. The van der Waals surface area contributed by atoms with E-state index in [1.54, 1.807) is 0 Å². The zero-order valence-electron chi connectivity index (χ0n) is 11.9. The van der Waals surface area contributed by atoms with Crippen LogP contribution in [0.1, 0.15) is 52.4 Å². The third kappa shape index (κ3) is 15.1. The van der Waals surface area contributed by atoms with Gasteiger partial charge < -0.3 is 15.6 Å². The number of carbonyl (C=O) groups is 2. The van der Waals surface area contributed by atoms with Crippen molar-refractivity contribution in [2.24, 2.45) is 5.73 Å². The number of carbonyl (C=O) groups excluding carboxylic acids is 1. The lowest BCUT2D eigenvalue weighted by Gasteiger charge is -2.06. The Labute approximate surface area is 120 Å². The molecule has 0 saturated heterocycles. The number of ether oxygens (including phenoxy) is 1. The molecule has 0 spiro atoms. The Balaban J connectivity index is 0. The molecule has 0 fully saturated rings. The molecule has 0 radical (unpaired) electrons. The van der Waals surface area contributed by atoms with E-state index in [-0.39, 0.29) is 18.8 Å². The SMILES string of the molecule is CC.NC(CCC(=O)OCCCCCCCl)C(=O)O. The summed E-state index contributed by atoms with van der Waals surface area (Å²) in [5.41, 5.74) is 5.25. The highest BCUT2D eigenvalue weighted by Gasteiger charge is 2.13. The Morgan fingerprint density at radius 1 is 1.21 bits per heavy atom. The van der Waals surface area contributed by atoms with Crippen molar-refractivity contribution in [3.05, 3.63) is 0 Å². The minimum Gasteiger partial charge on any atom is -0.480 e. The number of nitrogens with two attached hydrogens (primary N) is 1. The number of rotatable bonds is 10. The lowest BCUT2D eigenvalue weighted by atomic mass is 10.2. The maximum atomic E-state index is 11.2. The minimum atomic E-state index is -1.10. The van der Waals surface area contributed by atoms with Crippen molar-refractivity contribution in [2.45, 2.75) is 58.4 Å². The summed E-state index contributed by atoms with van der Waals surface area (Å²) in [6, 6.07) is -0.994. The average Bonchev–Trinajstić information content (AvgIpc) is 2.42. The number of unbranched alkanes of at least 4 members (excludes halogenated alkanes) is 3. The maximum absolute atomic E-state index is 11.2. The minimum absolute atomic E-state index is 0.0507. The highest BCUT2D eigenvalue weighted by Crippen LogP contribution is 2.03. The second-order valence-corrected chi connectivity index (χ2v) is 4.19. The molecule has 0 aromatic rings. The number of hydrogen-bond donors (Lipinski definition) is 2. The van der Waals surface area contributed by atoms with Crippen LogP contribution in [0.2, 0.25) is 0 Å². The molecule has 1 unspecified atom stereocenters. The second kappa shape index (κ2) is 15.2. The Bertz CT molecular complexity index is 237. The topological polar surface area (TPSA) is 89.6 Å². The summed E-state index contributed by atoms with van der Waals surface area (Å²) in [6.07, 6.45) is 3.96. The standard InChI is InChI=1S/C11H20ClNO4.C2H6/c12-7-3-1-2-4-8-17-10(14)6-5-9(13)11(15)16;1-2/h9H,1-8,13H2,(H,15,16);1-2H3. The van der Waals surface area contributed by atoms with Gasteiger partial charge in [0, 0.05) is 12.3 Å². The highest BCUT2D eigenvalue weighted by atomic mass is 35.5. The Morgan fingerprint density at radius 2 is 1.79 bits per heavy atom. The van der Waals surface area contributed by atoms with E-state index in [0.717, 1.165) is 25.7 Å². The number of halogens is 1. The summed E-state index contributed by atoms with van der Waals surface area (Å²) in [7, 11) is 0. The van der Waals surface area contributed by atoms with Gasteiger partial charge >= 0.3 is 11.9 Å². The Kier molecular flexibility index (Phi) is 16.5. The fraction of sp³-hybridized carbons (Fsp3) is 0.846. The van der Waals surface area contributed by atoms with E-state index >= 15 is 0 Å². The van der Waals surface area contributed by atoms with Gasteiger partial charge in [0.05, 0.1) is 6.61 Å². The predicted molar refractivity (Wildman–Crippen MR) is 76.3 cm³/mol. The molecule has 0 saturated carbocycles. The Morgan fingerprint density at radius 3 is 2.32 bits per heavy atom. The van der Waals surface area contributed by atoms with Gasteiger partial charge in [0.25, 0.3) is 0 Å². The fourth-order valence-electron chi connectivity index (χ4n) is 1.21. The van der Waals surface area contributed by atoms with E-state index in [0.29, 0.717) is 12.5 Å². The number of alkyl halides is 1. The van der Waals surface area contributed by atoms with Crippen LogP contribution in [0.4, 0.5) is 0 Å². The van der Waals surface area contributed by atoms with Crippen LogP contribution in [0, 0.1) is 0 Å². The fourth-order valence-corrected chi connectivity index (χ4v) is 1.39. The summed E-state index contributed by atoms with van der Waals surface area (Å²) < 4.78 is 4.93. The summed E-state index contributed by atoms with van der Waals surface area (Å²) in [6.45, 7) is 4.38. The molecule has 0 aliphatic heterocycles. The molecule has 0 aliphatic carbocycles. The van der Waals surface area contributed by atoms with Gasteiger partial charge in [0.15, 0.2) is 0 Å². The zero-order valence-corrected chi connectivity index (χ0v) is 12.6. The molecule has 0 bridgehead atoms. The van der Waals surface area contributed by atoms with Crippen LogP contribution >= 0.6 is 11.6 Å². The van der Waals surface area contributed by atoms with Gasteiger partial charge in [0.1, 0.15) is 6.04 Å². The molecule has 6 heteroatoms. The van der Waals surface area contributed by atoms with Crippen molar-refractivity contribution in [3.63, 3.8) is 0 Å². The molecule has 19 heavy (non-hydrogen) atoms. The van der Waals surface area contributed by atoms with Gasteiger partial charge in [-0.3, -0.25) is 9.59 Å². The van der Waals surface area contributed by atoms with Crippen LogP contribution in [-0.4, -0.2) is 35.6 Å². The molecule has 0 heterocycles. The summed E-state index contributed by atoms with van der Waals surface area (Å²) in [5.74, 6) is -0.828. The first-order chi connectivity index (χ1) is 9.07. The predicted octanol–water partition coefficient (Wildman–Crippen LogP) is 2.55. The third-order valence-electron chi connectivity index (χ3n) is 2.27.